The lowest BCUT2D eigenvalue weighted by atomic mass is 10.1. The summed E-state index contributed by atoms with van der Waals surface area (Å²) in [7, 11) is 1.12. The third-order valence-corrected chi connectivity index (χ3v) is 8.97. The van der Waals surface area contributed by atoms with Gasteiger partial charge in [-0.1, -0.05) is 120 Å². The van der Waals surface area contributed by atoms with Crippen LogP contribution in [-0.4, -0.2) is 70.0 Å². The first-order valence-corrected chi connectivity index (χ1v) is 21.5. The molecule has 0 bridgehead atoms. The van der Waals surface area contributed by atoms with Crippen molar-refractivity contribution in [2.75, 3.05) is 47.5 Å². The van der Waals surface area contributed by atoms with Gasteiger partial charge in [0.25, 0.3) is 7.82 Å². The Bertz CT molecular complexity index is 1080. The summed E-state index contributed by atoms with van der Waals surface area (Å²) in [5.41, 5.74) is 0. The van der Waals surface area contributed by atoms with Crippen LogP contribution in [0.25, 0.3) is 0 Å². The number of ether oxygens (including phenoxy) is 2. The summed E-state index contributed by atoms with van der Waals surface area (Å²) < 4.78 is 33.7. The Morgan fingerprint density at radius 2 is 1.08 bits per heavy atom. The summed E-state index contributed by atoms with van der Waals surface area (Å²) in [6.07, 6.45) is 39.7. The third-order valence-electron chi connectivity index (χ3n) is 8.01. The van der Waals surface area contributed by atoms with E-state index in [1.54, 1.807) is 0 Å². The van der Waals surface area contributed by atoms with Gasteiger partial charge in [0.2, 0.25) is 0 Å². The van der Waals surface area contributed by atoms with Gasteiger partial charge in [-0.3, -0.25) is 14.2 Å². The van der Waals surface area contributed by atoms with Crippen LogP contribution in [0.5, 0.6) is 0 Å². The number of carbonyl (C=O) groups is 2. The van der Waals surface area contributed by atoms with Gasteiger partial charge in [-0.2, -0.15) is 0 Å². The van der Waals surface area contributed by atoms with E-state index in [9.17, 15) is 19.0 Å². The van der Waals surface area contributed by atoms with E-state index in [0.717, 1.165) is 64.2 Å². The van der Waals surface area contributed by atoms with Crippen LogP contribution in [-0.2, 0) is 32.7 Å². The molecule has 0 aliphatic heterocycles. The first-order valence-electron chi connectivity index (χ1n) is 20.0. The van der Waals surface area contributed by atoms with Crippen molar-refractivity contribution in [3.05, 3.63) is 60.8 Å². The topological polar surface area (TPSA) is 111 Å². The van der Waals surface area contributed by atoms with Crippen molar-refractivity contribution in [3.8, 4) is 0 Å². The van der Waals surface area contributed by atoms with Crippen LogP contribution in [0.1, 0.15) is 142 Å². The maximum Gasteiger partial charge on any atom is 0.306 e. The number of esters is 2. The fourth-order valence-corrected chi connectivity index (χ4v) is 5.53. The van der Waals surface area contributed by atoms with Gasteiger partial charge in [0.15, 0.2) is 6.10 Å². The highest BCUT2D eigenvalue weighted by Crippen LogP contribution is 2.38. The molecule has 2 atom stereocenters. The van der Waals surface area contributed by atoms with Crippen LogP contribution in [0.15, 0.2) is 60.8 Å². The van der Waals surface area contributed by atoms with Gasteiger partial charge < -0.3 is 27.9 Å². The zero-order valence-electron chi connectivity index (χ0n) is 33.5. The Kier molecular flexibility index (Phi) is 33.0. The maximum absolute atomic E-state index is 12.6. The quantitative estimate of drug-likeness (QED) is 0.0207. The second kappa shape index (κ2) is 34.5. The summed E-state index contributed by atoms with van der Waals surface area (Å²) in [5.74, 6) is -0.919. The summed E-state index contributed by atoms with van der Waals surface area (Å²) in [4.78, 5) is 37.3. The number of phosphoric ester groups is 1. The molecule has 9 nitrogen and oxygen atoms in total. The molecular formula is C42H74NO8P. The molecule has 0 N–H and O–H groups in total. The molecule has 0 aromatic rings. The Hall–Kier alpha value is -2.29. The Balaban J connectivity index is 4.52. The molecule has 300 valence electrons. The number of quaternary nitrogens is 1. The molecule has 0 aliphatic carbocycles. The fraction of sp³-hybridized carbons (Fsp3) is 0.714. The third kappa shape index (κ3) is 37.5. The van der Waals surface area contributed by atoms with Crippen molar-refractivity contribution in [1.29, 1.82) is 0 Å². The normalized spacial score (nSPS) is 14.3. The molecule has 0 rings (SSSR count). The lowest BCUT2D eigenvalue weighted by molar-refractivity contribution is -0.870. The van der Waals surface area contributed by atoms with Crippen LogP contribution in [0.4, 0.5) is 0 Å². The van der Waals surface area contributed by atoms with E-state index < -0.39 is 32.5 Å². The number of hydrogen-bond donors (Lipinski definition) is 0. The first-order chi connectivity index (χ1) is 25.0. The van der Waals surface area contributed by atoms with E-state index in [4.69, 9.17) is 18.5 Å². The molecule has 0 amide bonds. The van der Waals surface area contributed by atoms with E-state index in [0.29, 0.717) is 23.9 Å². The van der Waals surface area contributed by atoms with Crippen LogP contribution in [0.2, 0.25) is 0 Å². The molecule has 0 radical (unpaired) electrons. The summed E-state index contributed by atoms with van der Waals surface area (Å²) >= 11 is 0. The van der Waals surface area contributed by atoms with Gasteiger partial charge in [-0.15, -0.1) is 0 Å². The number of likely N-dealkylation sites (N-methyl/N-ethyl adjacent to an activating group) is 1. The maximum atomic E-state index is 12.6. The molecule has 0 saturated carbocycles. The van der Waals surface area contributed by atoms with Gasteiger partial charge in [0.05, 0.1) is 27.7 Å². The number of phosphoric acid groups is 1. The molecule has 0 saturated heterocycles. The SMILES string of the molecule is CCCC/C=C/CCCCCCCC(=O)O[C@@H](COC(=O)CCC/C=C/C/C=C/C/C=C/C/C=C/CCCCC)COP(=O)([O-])OCC[N+](C)(C)C. The van der Waals surface area contributed by atoms with E-state index in [-0.39, 0.29) is 26.1 Å². The summed E-state index contributed by atoms with van der Waals surface area (Å²) in [5, 5.41) is 0. The van der Waals surface area contributed by atoms with E-state index in [1.165, 1.54) is 38.5 Å². The van der Waals surface area contributed by atoms with Crippen LogP contribution in [0.3, 0.4) is 0 Å². The predicted octanol–water partition coefficient (Wildman–Crippen LogP) is 10.3. The number of rotatable bonds is 35. The average Bonchev–Trinajstić information content (AvgIpc) is 3.09. The standard InChI is InChI=1S/C42H74NO8P/c1-6-8-10-12-14-16-18-19-20-21-22-23-25-26-28-30-32-34-41(44)48-38-40(39-50-52(46,47)49-37-36-43(3,4)5)51-42(45)35-33-31-29-27-24-17-15-13-11-9-7-2/h13-16,19-20,22-23,26,28,40H,6-12,17-18,21,24-25,27,29-39H2,1-5H3/b15-13+,16-14+,20-19+,23-22+,28-26+/t40-/m0/s1. The molecule has 52 heavy (non-hydrogen) atoms. The molecular weight excluding hydrogens is 677 g/mol. The van der Waals surface area contributed by atoms with Crippen molar-refractivity contribution in [2.24, 2.45) is 0 Å². The molecule has 0 aliphatic rings. The highest BCUT2D eigenvalue weighted by molar-refractivity contribution is 7.45. The van der Waals surface area contributed by atoms with Crippen LogP contribution >= 0.6 is 7.82 Å². The molecule has 0 fully saturated rings. The average molecular weight is 752 g/mol. The molecule has 1 unspecified atom stereocenters. The smallest absolute Gasteiger partial charge is 0.306 e. The number of carbonyl (C=O) groups excluding carboxylic acids is 2. The van der Waals surface area contributed by atoms with E-state index in [2.05, 4.69) is 68.5 Å². The van der Waals surface area contributed by atoms with Crippen LogP contribution < -0.4 is 4.89 Å². The van der Waals surface area contributed by atoms with Gasteiger partial charge in [-0.05, 0) is 70.6 Å². The number of unbranched alkanes of at least 4 members (excludes halogenated alkanes) is 11. The van der Waals surface area contributed by atoms with Gasteiger partial charge in [0.1, 0.15) is 19.8 Å². The monoisotopic (exact) mass is 752 g/mol. The van der Waals surface area contributed by atoms with Crippen molar-refractivity contribution < 1.29 is 42.1 Å². The zero-order chi connectivity index (χ0) is 38.6. The number of nitrogens with zero attached hydrogens (tertiary/aromatic N) is 1. The first kappa shape index (κ1) is 49.7. The molecule has 0 heterocycles. The highest BCUT2D eigenvalue weighted by Gasteiger charge is 2.21. The lowest BCUT2D eigenvalue weighted by Gasteiger charge is -2.28. The van der Waals surface area contributed by atoms with Crippen molar-refractivity contribution in [3.63, 3.8) is 0 Å². The largest absolute Gasteiger partial charge is 0.756 e. The number of allylic oxidation sites excluding steroid dienone is 10. The fourth-order valence-electron chi connectivity index (χ4n) is 4.80. The summed E-state index contributed by atoms with van der Waals surface area (Å²) in [6, 6.07) is 0. The molecule has 0 aromatic heterocycles. The minimum absolute atomic E-state index is 0.0434. The second-order valence-electron chi connectivity index (χ2n) is 14.3. The molecule has 0 spiro atoms. The van der Waals surface area contributed by atoms with Crippen molar-refractivity contribution in [2.45, 2.75) is 148 Å². The highest BCUT2D eigenvalue weighted by atomic mass is 31.2. The Labute approximate surface area is 317 Å². The number of hydrogen-bond acceptors (Lipinski definition) is 8. The van der Waals surface area contributed by atoms with Crippen LogP contribution in [0, 0.1) is 0 Å². The van der Waals surface area contributed by atoms with Crippen molar-refractivity contribution in [1.82, 2.24) is 0 Å². The molecule has 0 aromatic carbocycles. The second-order valence-corrected chi connectivity index (χ2v) is 15.7. The lowest BCUT2D eigenvalue weighted by Crippen LogP contribution is -2.37. The minimum Gasteiger partial charge on any atom is -0.756 e. The van der Waals surface area contributed by atoms with E-state index >= 15 is 0 Å². The Morgan fingerprint density at radius 3 is 1.67 bits per heavy atom. The Morgan fingerprint density at radius 1 is 0.596 bits per heavy atom. The summed E-state index contributed by atoms with van der Waals surface area (Å²) in [6.45, 7) is 4.05. The zero-order valence-corrected chi connectivity index (χ0v) is 34.4. The predicted molar refractivity (Wildman–Crippen MR) is 213 cm³/mol. The van der Waals surface area contributed by atoms with E-state index in [1.807, 2.05) is 27.2 Å². The van der Waals surface area contributed by atoms with Gasteiger partial charge >= 0.3 is 11.9 Å². The molecule has 10 heteroatoms. The van der Waals surface area contributed by atoms with Gasteiger partial charge in [0, 0.05) is 12.8 Å². The minimum atomic E-state index is -4.63. The van der Waals surface area contributed by atoms with Gasteiger partial charge in [-0.25, -0.2) is 0 Å². The van der Waals surface area contributed by atoms with Crippen molar-refractivity contribution >= 4 is 19.8 Å².